The molecule has 0 bridgehead atoms. The molecule has 3 heterocycles. The third-order valence-electron chi connectivity index (χ3n) is 4.41. The van der Waals surface area contributed by atoms with Crippen LogP contribution in [0.15, 0.2) is 30.3 Å². The predicted octanol–water partition coefficient (Wildman–Crippen LogP) is 2.76. The summed E-state index contributed by atoms with van der Waals surface area (Å²) >= 11 is 1.37. The molecule has 4 rings (SSSR count). The van der Waals surface area contributed by atoms with Crippen LogP contribution in [-0.2, 0) is 20.9 Å². The summed E-state index contributed by atoms with van der Waals surface area (Å²) in [5.74, 6) is 0.00766. The highest BCUT2D eigenvalue weighted by atomic mass is 32.1. The number of ether oxygens (including phenoxy) is 3. The van der Waals surface area contributed by atoms with Gasteiger partial charge in [0.2, 0.25) is 0 Å². The molecule has 0 spiro atoms. The minimum atomic E-state index is -0.492. The van der Waals surface area contributed by atoms with Gasteiger partial charge in [-0.2, -0.15) is 0 Å². The maximum Gasteiger partial charge on any atom is 0.348 e. The molecule has 1 aromatic heterocycles. The normalized spacial score (nSPS) is 17.8. The highest BCUT2D eigenvalue weighted by molar-refractivity contribution is 7.17. The van der Waals surface area contributed by atoms with Gasteiger partial charge in [-0.25, -0.2) is 4.79 Å². The Hall–Kier alpha value is -2.38. The van der Waals surface area contributed by atoms with Crippen LogP contribution in [0.5, 0.6) is 5.75 Å². The van der Waals surface area contributed by atoms with Gasteiger partial charge in [-0.3, -0.25) is 4.79 Å². The Balaban J connectivity index is 1.34. The Kier molecular flexibility index (Phi) is 4.90. The van der Waals surface area contributed by atoms with Gasteiger partial charge in [0.1, 0.15) is 17.2 Å². The van der Waals surface area contributed by atoms with Crippen LogP contribution in [0.3, 0.4) is 0 Å². The number of thiophene rings is 1. The Morgan fingerprint density at radius 2 is 2.19 bits per heavy atom. The number of rotatable bonds is 5. The Bertz CT molecular complexity index is 825. The van der Waals surface area contributed by atoms with Crippen LogP contribution >= 0.6 is 11.3 Å². The zero-order valence-electron chi connectivity index (χ0n) is 14.2. The lowest BCUT2D eigenvalue weighted by molar-refractivity contribution is -0.124. The molecule has 136 valence electrons. The SMILES string of the molecule is O=C(COC(=O)c1cc2c(s1)-c1ccccc1OC2)NC[C@@H]1CCCO1. The van der Waals surface area contributed by atoms with Crippen LogP contribution < -0.4 is 10.1 Å². The molecule has 26 heavy (non-hydrogen) atoms. The van der Waals surface area contributed by atoms with Gasteiger partial charge in [0.25, 0.3) is 5.91 Å². The van der Waals surface area contributed by atoms with E-state index in [1.165, 1.54) is 11.3 Å². The van der Waals surface area contributed by atoms with E-state index >= 15 is 0 Å². The fourth-order valence-corrected chi connectivity index (χ4v) is 4.18. The molecule has 0 aliphatic carbocycles. The molecule has 1 amide bonds. The zero-order valence-corrected chi connectivity index (χ0v) is 15.0. The number of carbonyl (C=O) groups excluding carboxylic acids is 2. The van der Waals surface area contributed by atoms with Crippen LogP contribution in [0.4, 0.5) is 0 Å². The van der Waals surface area contributed by atoms with Gasteiger partial charge in [-0.1, -0.05) is 12.1 Å². The lowest BCUT2D eigenvalue weighted by Crippen LogP contribution is -2.34. The molecule has 1 fully saturated rings. The van der Waals surface area contributed by atoms with Crippen molar-refractivity contribution in [3.8, 4) is 16.2 Å². The van der Waals surface area contributed by atoms with Crippen molar-refractivity contribution in [3.05, 3.63) is 40.8 Å². The number of carbonyl (C=O) groups is 2. The summed E-state index contributed by atoms with van der Waals surface area (Å²) in [6.07, 6.45) is 2.04. The Morgan fingerprint density at radius 1 is 1.31 bits per heavy atom. The fraction of sp³-hybridized carbons (Fsp3) is 0.368. The summed E-state index contributed by atoms with van der Waals surface area (Å²) in [5.41, 5.74) is 1.94. The minimum Gasteiger partial charge on any atom is -0.488 e. The molecule has 7 heteroatoms. The quantitative estimate of drug-likeness (QED) is 0.816. The predicted molar refractivity (Wildman–Crippen MR) is 96.4 cm³/mol. The number of para-hydroxylation sites is 1. The van der Waals surface area contributed by atoms with Gasteiger partial charge >= 0.3 is 5.97 Å². The van der Waals surface area contributed by atoms with E-state index in [0.29, 0.717) is 18.0 Å². The van der Waals surface area contributed by atoms with Gasteiger partial charge < -0.3 is 19.5 Å². The molecule has 0 saturated carbocycles. The average molecular weight is 373 g/mol. The molecule has 6 nitrogen and oxygen atoms in total. The van der Waals surface area contributed by atoms with E-state index in [1.54, 1.807) is 6.07 Å². The molecular weight excluding hydrogens is 354 g/mol. The standard InChI is InChI=1S/C19H19NO5S/c21-17(20-9-13-4-3-7-23-13)11-25-19(22)16-8-12-10-24-15-6-2-1-5-14(15)18(12)26-16/h1-2,5-6,8,13H,3-4,7,9-11H2,(H,20,21)/t13-/m0/s1. The van der Waals surface area contributed by atoms with Crippen molar-refractivity contribution in [1.29, 1.82) is 0 Å². The molecule has 1 atom stereocenters. The molecule has 1 N–H and O–H groups in total. The first-order chi connectivity index (χ1) is 12.7. The van der Waals surface area contributed by atoms with Crippen LogP contribution in [0, 0.1) is 0 Å². The van der Waals surface area contributed by atoms with Crippen LogP contribution in [0.1, 0.15) is 28.1 Å². The van der Waals surface area contributed by atoms with Gasteiger partial charge in [0.05, 0.1) is 6.10 Å². The van der Waals surface area contributed by atoms with Gasteiger partial charge in [0, 0.05) is 29.2 Å². The topological polar surface area (TPSA) is 73.9 Å². The number of esters is 1. The highest BCUT2D eigenvalue weighted by Crippen LogP contribution is 2.42. The van der Waals surface area contributed by atoms with E-state index in [9.17, 15) is 9.59 Å². The number of fused-ring (bicyclic) bond motifs is 3. The van der Waals surface area contributed by atoms with Crippen molar-refractivity contribution in [1.82, 2.24) is 5.32 Å². The van der Waals surface area contributed by atoms with E-state index in [-0.39, 0.29) is 18.6 Å². The third kappa shape index (κ3) is 3.59. The second-order valence-corrected chi connectivity index (χ2v) is 7.32. The molecule has 2 aliphatic rings. The molecule has 0 radical (unpaired) electrons. The lowest BCUT2D eigenvalue weighted by Gasteiger charge is -2.16. The lowest BCUT2D eigenvalue weighted by atomic mass is 10.1. The summed E-state index contributed by atoms with van der Waals surface area (Å²) < 4.78 is 16.3. The van der Waals surface area contributed by atoms with Crippen molar-refractivity contribution < 1.29 is 23.8 Å². The van der Waals surface area contributed by atoms with Crippen LogP contribution in [0.25, 0.3) is 10.4 Å². The van der Waals surface area contributed by atoms with Crippen molar-refractivity contribution in [2.45, 2.75) is 25.6 Å². The maximum atomic E-state index is 12.3. The Labute approximate surface area is 155 Å². The number of nitrogens with one attached hydrogen (secondary N) is 1. The van der Waals surface area contributed by atoms with E-state index in [2.05, 4.69) is 5.32 Å². The van der Waals surface area contributed by atoms with E-state index in [1.807, 2.05) is 24.3 Å². The minimum absolute atomic E-state index is 0.0683. The summed E-state index contributed by atoms with van der Waals surface area (Å²) in [5, 5.41) is 2.74. The number of amides is 1. The molecule has 2 aliphatic heterocycles. The zero-order chi connectivity index (χ0) is 17.9. The first-order valence-electron chi connectivity index (χ1n) is 8.61. The second kappa shape index (κ2) is 7.47. The number of hydrogen-bond donors (Lipinski definition) is 1. The summed E-state index contributed by atoms with van der Waals surface area (Å²) in [7, 11) is 0. The second-order valence-electron chi connectivity index (χ2n) is 6.27. The number of hydrogen-bond acceptors (Lipinski definition) is 6. The van der Waals surface area contributed by atoms with Crippen LogP contribution in [-0.4, -0.2) is 37.7 Å². The molecule has 2 aromatic rings. The van der Waals surface area contributed by atoms with Crippen molar-refractivity contribution >= 4 is 23.2 Å². The van der Waals surface area contributed by atoms with Gasteiger partial charge in [0.15, 0.2) is 6.61 Å². The summed E-state index contributed by atoms with van der Waals surface area (Å²) in [6, 6.07) is 9.52. The smallest absolute Gasteiger partial charge is 0.348 e. The molecular formula is C19H19NO5S. The third-order valence-corrected chi connectivity index (χ3v) is 5.60. The molecule has 0 unspecified atom stereocenters. The molecule has 1 aromatic carbocycles. The van der Waals surface area contributed by atoms with Gasteiger partial charge in [-0.05, 0) is 31.0 Å². The summed E-state index contributed by atoms with van der Waals surface area (Å²) in [4.78, 5) is 25.6. The van der Waals surface area contributed by atoms with Gasteiger partial charge in [-0.15, -0.1) is 11.3 Å². The van der Waals surface area contributed by atoms with E-state index < -0.39 is 5.97 Å². The van der Waals surface area contributed by atoms with E-state index in [4.69, 9.17) is 14.2 Å². The van der Waals surface area contributed by atoms with Crippen molar-refractivity contribution in [2.75, 3.05) is 19.8 Å². The summed E-state index contributed by atoms with van der Waals surface area (Å²) in [6.45, 7) is 1.34. The van der Waals surface area contributed by atoms with Crippen molar-refractivity contribution in [3.63, 3.8) is 0 Å². The number of benzene rings is 1. The monoisotopic (exact) mass is 373 g/mol. The first kappa shape index (κ1) is 17.1. The fourth-order valence-electron chi connectivity index (χ4n) is 3.09. The van der Waals surface area contributed by atoms with Crippen LogP contribution in [0.2, 0.25) is 0 Å². The first-order valence-corrected chi connectivity index (χ1v) is 9.42. The van der Waals surface area contributed by atoms with Crippen molar-refractivity contribution in [2.24, 2.45) is 0 Å². The average Bonchev–Trinajstić information content (AvgIpc) is 3.33. The Morgan fingerprint density at radius 3 is 3.04 bits per heavy atom. The maximum absolute atomic E-state index is 12.3. The largest absolute Gasteiger partial charge is 0.488 e. The molecule has 1 saturated heterocycles. The highest BCUT2D eigenvalue weighted by Gasteiger charge is 2.23. The van der Waals surface area contributed by atoms with E-state index in [0.717, 1.165) is 41.2 Å².